The molecule has 5 aromatic rings. The van der Waals surface area contributed by atoms with E-state index in [0.29, 0.717) is 11.4 Å². The maximum atomic E-state index is 12.6. The monoisotopic (exact) mass is 385 g/mol. The summed E-state index contributed by atoms with van der Waals surface area (Å²) < 4.78 is 2.90. The Bertz CT molecular complexity index is 1340. The summed E-state index contributed by atoms with van der Waals surface area (Å²) in [5.41, 5.74) is 2.38. The lowest BCUT2D eigenvalue weighted by Gasteiger charge is -2.07. The van der Waals surface area contributed by atoms with E-state index >= 15 is 0 Å². The first-order valence-electron chi connectivity index (χ1n) is 8.69. The van der Waals surface area contributed by atoms with Gasteiger partial charge in [-0.05, 0) is 52.6 Å². The molecule has 4 heterocycles. The zero-order chi connectivity index (χ0) is 19.1. The number of pyridine rings is 2. The molecule has 28 heavy (non-hydrogen) atoms. The molecule has 136 valence electrons. The second-order valence-electron chi connectivity index (χ2n) is 6.52. The lowest BCUT2D eigenvalue weighted by Crippen LogP contribution is -2.12. The summed E-state index contributed by atoms with van der Waals surface area (Å²) in [6.45, 7) is 0. The molecular weight excluding hydrogens is 370 g/mol. The minimum Gasteiger partial charge on any atom is -0.307 e. The predicted octanol–water partition coefficient (Wildman–Crippen LogP) is 4.50. The van der Waals surface area contributed by atoms with Crippen LogP contribution in [-0.2, 0) is 7.05 Å². The highest BCUT2D eigenvalue weighted by atomic mass is 32.1. The van der Waals surface area contributed by atoms with Gasteiger partial charge in [0, 0.05) is 46.9 Å². The average Bonchev–Trinajstić information content (AvgIpc) is 3.35. The van der Waals surface area contributed by atoms with Crippen LogP contribution in [0.25, 0.3) is 32.1 Å². The van der Waals surface area contributed by atoms with E-state index in [-0.39, 0.29) is 5.91 Å². The number of carbonyl (C=O) groups excluding carboxylic acids is 1. The Morgan fingerprint density at radius 2 is 1.89 bits per heavy atom. The zero-order valence-electron chi connectivity index (χ0n) is 15.0. The molecule has 7 heteroatoms. The number of benzene rings is 1. The Morgan fingerprint density at radius 1 is 1.00 bits per heavy atom. The fourth-order valence-corrected chi connectivity index (χ4v) is 3.89. The highest BCUT2D eigenvalue weighted by Crippen LogP contribution is 2.24. The third kappa shape index (κ3) is 3.01. The van der Waals surface area contributed by atoms with E-state index in [4.69, 9.17) is 0 Å². The fraction of sp³-hybridized carbons (Fsp3) is 0.0476. The van der Waals surface area contributed by atoms with Crippen molar-refractivity contribution >= 4 is 43.9 Å². The number of aryl methyl sites for hydroxylation is 1. The summed E-state index contributed by atoms with van der Waals surface area (Å²) in [7, 11) is 1.87. The first kappa shape index (κ1) is 16.6. The summed E-state index contributed by atoms with van der Waals surface area (Å²) in [5.74, 6) is 0.327. The number of amides is 1. The van der Waals surface area contributed by atoms with Crippen molar-refractivity contribution in [3.8, 4) is 11.3 Å². The average molecular weight is 385 g/mol. The van der Waals surface area contributed by atoms with E-state index in [1.165, 1.54) is 0 Å². The normalized spacial score (nSPS) is 11.2. The van der Waals surface area contributed by atoms with Crippen molar-refractivity contribution in [2.45, 2.75) is 0 Å². The van der Waals surface area contributed by atoms with Crippen molar-refractivity contribution in [2.24, 2.45) is 7.05 Å². The van der Waals surface area contributed by atoms with Crippen molar-refractivity contribution in [2.75, 3.05) is 5.32 Å². The molecule has 1 N–H and O–H groups in total. The van der Waals surface area contributed by atoms with Crippen LogP contribution in [0.4, 0.5) is 5.82 Å². The molecular formula is C21H15N5OS. The summed E-state index contributed by atoms with van der Waals surface area (Å²) >= 11 is 1.66. The van der Waals surface area contributed by atoms with E-state index in [0.717, 1.165) is 32.1 Å². The van der Waals surface area contributed by atoms with E-state index in [2.05, 4.69) is 20.4 Å². The molecule has 1 amide bonds. The summed E-state index contributed by atoms with van der Waals surface area (Å²) in [4.78, 5) is 21.5. The molecule has 0 saturated heterocycles. The molecule has 0 aliphatic rings. The number of rotatable bonds is 3. The van der Waals surface area contributed by atoms with E-state index in [1.54, 1.807) is 34.6 Å². The molecule has 0 atom stereocenters. The molecule has 0 radical (unpaired) electrons. The number of fused-ring (bicyclic) bond motifs is 2. The molecule has 0 aliphatic carbocycles. The van der Waals surface area contributed by atoms with Gasteiger partial charge in [-0.1, -0.05) is 0 Å². The van der Waals surface area contributed by atoms with Crippen LogP contribution in [0.15, 0.2) is 66.6 Å². The van der Waals surface area contributed by atoms with Crippen LogP contribution in [0.2, 0.25) is 0 Å². The topological polar surface area (TPSA) is 72.7 Å². The van der Waals surface area contributed by atoms with Gasteiger partial charge in [0.1, 0.15) is 5.82 Å². The first-order chi connectivity index (χ1) is 13.7. The van der Waals surface area contributed by atoms with Crippen molar-refractivity contribution in [3.63, 3.8) is 0 Å². The van der Waals surface area contributed by atoms with E-state index < -0.39 is 0 Å². The van der Waals surface area contributed by atoms with Gasteiger partial charge < -0.3 is 5.32 Å². The Kier molecular flexibility index (Phi) is 3.87. The van der Waals surface area contributed by atoms with Gasteiger partial charge in [-0.2, -0.15) is 5.10 Å². The van der Waals surface area contributed by atoms with Gasteiger partial charge >= 0.3 is 0 Å². The largest absolute Gasteiger partial charge is 0.307 e. The third-order valence-electron chi connectivity index (χ3n) is 4.56. The van der Waals surface area contributed by atoms with Crippen LogP contribution < -0.4 is 5.32 Å². The van der Waals surface area contributed by atoms with Gasteiger partial charge in [-0.25, -0.2) is 4.98 Å². The van der Waals surface area contributed by atoms with Crippen LogP contribution in [-0.4, -0.2) is 25.7 Å². The Hall–Kier alpha value is -3.58. The van der Waals surface area contributed by atoms with E-state index in [1.807, 2.05) is 55.0 Å². The van der Waals surface area contributed by atoms with Gasteiger partial charge in [0.2, 0.25) is 0 Å². The molecule has 0 fully saturated rings. The maximum Gasteiger partial charge on any atom is 0.256 e. The van der Waals surface area contributed by atoms with Crippen molar-refractivity contribution in [3.05, 3.63) is 72.1 Å². The highest BCUT2D eigenvalue weighted by molar-refractivity contribution is 7.17. The van der Waals surface area contributed by atoms with Crippen LogP contribution in [0.1, 0.15) is 10.4 Å². The van der Waals surface area contributed by atoms with Crippen molar-refractivity contribution in [1.29, 1.82) is 0 Å². The number of nitrogens with one attached hydrogen (secondary N) is 1. The molecule has 0 saturated carbocycles. The van der Waals surface area contributed by atoms with Gasteiger partial charge in [0.25, 0.3) is 5.91 Å². The van der Waals surface area contributed by atoms with Gasteiger partial charge in [-0.3, -0.25) is 14.5 Å². The number of hydrogen-bond donors (Lipinski definition) is 1. The van der Waals surface area contributed by atoms with Gasteiger partial charge in [0.05, 0.1) is 11.9 Å². The number of anilines is 1. The molecule has 0 spiro atoms. The van der Waals surface area contributed by atoms with Crippen LogP contribution in [0.5, 0.6) is 0 Å². The molecule has 0 bridgehead atoms. The molecule has 1 aromatic carbocycles. The molecule has 4 aromatic heterocycles. The van der Waals surface area contributed by atoms with Crippen LogP contribution >= 0.6 is 11.3 Å². The van der Waals surface area contributed by atoms with Crippen LogP contribution in [0, 0.1) is 0 Å². The van der Waals surface area contributed by atoms with Crippen molar-refractivity contribution < 1.29 is 4.79 Å². The molecule has 0 unspecified atom stereocenters. The zero-order valence-corrected chi connectivity index (χ0v) is 15.8. The quantitative estimate of drug-likeness (QED) is 0.496. The summed E-state index contributed by atoms with van der Waals surface area (Å²) in [6.07, 6.45) is 7.19. The standard InChI is InChI=1S/C21H15N5OS/c1-26-12-17(11-24-26)18-7-15-8-20(23-10-16(15)9-22-18)25-21(27)14-2-3-19-13(6-14)4-5-28-19/h2-12H,1H3,(H,23,25,27). The predicted molar refractivity (Wildman–Crippen MR) is 112 cm³/mol. The fourth-order valence-electron chi connectivity index (χ4n) is 3.11. The Labute approximate surface area is 164 Å². The lowest BCUT2D eigenvalue weighted by molar-refractivity contribution is 0.102. The molecule has 6 nitrogen and oxygen atoms in total. The Balaban J connectivity index is 1.45. The number of hydrogen-bond acceptors (Lipinski definition) is 5. The first-order valence-corrected chi connectivity index (χ1v) is 9.57. The minimum atomic E-state index is -0.179. The number of nitrogens with zero attached hydrogens (tertiary/aromatic N) is 4. The van der Waals surface area contributed by atoms with Gasteiger partial charge in [0.15, 0.2) is 0 Å². The smallest absolute Gasteiger partial charge is 0.256 e. The third-order valence-corrected chi connectivity index (χ3v) is 5.46. The summed E-state index contributed by atoms with van der Waals surface area (Å²) in [6, 6.07) is 11.5. The second-order valence-corrected chi connectivity index (χ2v) is 7.46. The highest BCUT2D eigenvalue weighted by Gasteiger charge is 2.10. The minimum absolute atomic E-state index is 0.179. The van der Waals surface area contributed by atoms with Gasteiger partial charge in [-0.15, -0.1) is 11.3 Å². The SMILES string of the molecule is Cn1cc(-c2cc3cc(NC(=O)c4ccc5sccc5c4)ncc3cn2)cn1. The summed E-state index contributed by atoms with van der Waals surface area (Å²) in [5, 5.41) is 12.0. The van der Waals surface area contributed by atoms with Crippen LogP contribution in [0.3, 0.4) is 0 Å². The number of thiophene rings is 1. The maximum absolute atomic E-state index is 12.6. The number of carbonyl (C=O) groups is 1. The van der Waals surface area contributed by atoms with E-state index in [9.17, 15) is 4.79 Å². The lowest BCUT2D eigenvalue weighted by atomic mass is 10.1. The number of aromatic nitrogens is 4. The molecule has 0 aliphatic heterocycles. The molecule has 5 rings (SSSR count). The van der Waals surface area contributed by atoms with Crippen molar-refractivity contribution in [1.82, 2.24) is 19.7 Å². The Morgan fingerprint density at radius 3 is 2.75 bits per heavy atom. The second kappa shape index (κ2) is 6.54.